The summed E-state index contributed by atoms with van der Waals surface area (Å²) in [5.41, 5.74) is 2.21. The van der Waals surface area contributed by atoms with E-state index in [1.54, 1.807) is 12.1 Å². The topological polar surface area (TPSA) is 117 Å². The number of para-hydroxylation sites is 1. The highest BCUT2D eigenvalue weighted by molar-refractivity contribution is 8.13. The van der Waals surface area contributed by atoms with Gasteiger partial charge in [0.1, 0.15) is 11.9 Å². The number of nitrogens with zero attached hydrogens (tertiary/aromatic N) is 4. The number of amidine groups is 2. The number of nitro groups is 1. The zero-order chi connectivity index (χ0) is 24.4. The lowest BCUT2D eigenvalue weighted by atomic mass is 9.95. The number of thioether (sulfide) groups is 1. The van der Waals surface area contributed by atoms with Gasteiger partial charge in [-0.1, -0.05) is 55.3 Å². The molecule has 2 amide bonds. The second-order valence-corrected chi connectivity index (χ2v) is 9.82. The van der Waals surface area contributed by atoms with Crippen LogP contribution in [0.5, 0.6) is 0 Å². The number of nitro benzene ring substituents is 1. The predicted molar refractivity (Wildman–Crippen MR) is 135 cm³/mol. The molecule has 1 unspecified atom stereocenters. The number of aliphatic imine (C=N–C) groups is 2. The summed E-state index contributed by atoms with van der Waals surface area (Å²) in [5.74, 6) is 0.457. The van der Waals surface area contributed by atoms with Crippen LogP contribution in [0.3, 0.4) is 0 Å². The van der Waals surface area contributed by atoms with E-state index < -0.39 is 11.0 Å². The fourth-order valence-electron chi connectivity index (χ4n) is 4.65. The molecule has 180 valence electrons. The van der Waals surface area contributed by atoms with Crippen molar-refractivity contribution in [3.05, 3.63) is 69.8 Å². The quantitative estimate of drug-likeness (QED) is 0.477. The first kappa shape index (κ1) is 23.2. The second kappa shape index (κ2) is 9.99. The van der Waals surface area contributed by atoms with Gasteiger partial charge >= 0.3 is 0 Å². The van der Waals surface area contributed by atoms with Crippen LogP contribution in [-0.4, -0.2) is 44.7 Å². The minimum absolute atomic E-state index is 0.000324. The minimum Gasteiger partial charge on any atom is -0.353 e. The van der Waals surface area contributed by atoms with Crippen LogP contribution in [0.2, 0.25) is 0 Å². The number of carbonyl (C=O) groups excluding carboxylic acids is 2. The fraction of sp³-hybridized carbons (Fsp3) is 0.360. The number of non-ortho nitro benzene ring substituents is 1. The first-order chi connectivity index (χ1) is 17.0. The highest BCUT2D eigenvalue weighted by atomic mass is 32.2. The fourth-order valence-corrected chi connectivity index (χ4v) is 5.59. The molecule has 3 aliphatic rings. The van der Waals surface area contributed by atoms with Gasteiger partial charge in [0, 0.05) is 29.5 Å². The minimum atomic E-state index is -0.802. The number of amides is 2. The van der Waals surface area contributed by atoms with Gasteiger partial charge in [-0.15, -0.1) is 0 Å². The SMILES string of the molecule is O=C(CC1N=C2c3ccccc3N=C(SCc3cccc([N+](=O)[O-])c3)N2C1=O)NC1CCCCC1. The summed E-state index contributed by atoms with van der Waals surface area (Å²) in [6, 6.07) is 13.2. The second-order valence-electron chi connectivity index (χ2n) is 8.88. The molecule has 2 heterocycles. The van der Waals surface area contributed by atoms with Gasteiger partial charge in [0.25, 0.3) is 11.6 Å². The molecule has 0 bridgehead atoms. The van der Waals surface area contributed by atoms with Gasteiger partial charge in [0.2, 0.25) is 5.91 Å². The van der Waals surface area contributed by atoms with E-state index in [0.717, 1.165) is 36.8 Å². The summed E-state index contributed by atoms with van der Waals surface area (Å²) in [5, 5.41) is 14.6. The van der Waals surface area contributed by atoms with E-state index in [-0.39, 0.29) is 30.0 Å². The Labute approximate surface area is 206 Å². The zero-order valence-corrected chi connectivity index (χ0v) is 19.9. The molecule has 1 saturated carbocycles. The molecule has 0 spiro atoms. The van der Waals surface area contributed by atoms with Crippen molar-refractivity contribution in [2.45, 2.75) is 56.4 Å². The molecular formula is C25H25N5O4S. The first-order valence-corrected chi connectivity index (χ1v) is 12.7. The average molecular weight is 492 g/mol. The number of rotatable bonds is 6. The summed E-state index contributed by atoms with van der Waals surface area (Å²) in [6.07, 6.45) is 5.38. The summed E-state index contributed by atoms with van der Waals surface area (Å²) in [6.45, 7) is 0. The molecule has 10 heteroatoms. The van der Waals surface area contributed by atoms with E-state index in [1.807, 2.05) is 24.3 Å². The van der Waals surface area contributed by atoms with Gasteiger partial charge in [0.05, 0.1) is 17.0 Å². The van der Waals surface area contributed by atoms with Gasteiger partial charge in [0.15, 0.2) is 5.17 Å². The van der Waals surface area contributed by atoms with Crippen LogP contribution in [0.15, 0.2) is 58.5 Å². The molecule has 9 nitrogen and oxygen atoms in total. The Morgan fingerprint density at radius 3 is 2.74 bits per heavy atom. The molecule has 0 radical (unpaired) electrons. The smallest absolute Gasteiger partial charge is 0.269 e. The standard InChI is InChI=1S/C25H25N5O4S/c31-22(26-17-8-2-1-3-9-17)14-21-24(32)29-23(27-21)19-11-4-5-12-20(19)28-25(29)35-15-16-7-6-10-18(13-16)30(33)34/h4-7,10-13,17,21H,1-3,8-9,14-15H2,(H,26,31). The highest BCUT2D eigenvalue weighted by Gasteiger charge is 2.42. The molecule has 2 aliphatic heterocycles. The van der Waals surface area contributed by atoms with Crippen molar-refractivity contribution in [3.63, 3.8) is 0 Å². The molecule has 1 fully saturated rings. The van der Waals surface area contributed by atoms with Gasteiger partial charge in [-0.05, 0) is 30.5 Å². The van der Waals surface area contributed by atoms with Gasteiger partial charge < -0.3 is 5.32 Å². The zero-order valence-electron chi connectivity index (χ0n) is 19.1. The lowest BCUT2D eigenvalue weighted by Gasteiger charge is -2.25. The molecule has 0 saturated heterocycles. The molecule has 1 atom stereocenters. The van der Waals surface area contributed by atoms with Gasteiger partial charge in [-0.25, -0.2) is 9.89 Å². The molecular weight excluding hydrogens is 466 g/mol. The van der Waals surface area contributed by atoms with E-state index in [4.69, 9.17) is 0 Å². The van der Waals surface area contributed by atoms with E-state index in [9.17, 15) is 19.7 Å². The molecule has 2 aromatic rings. The predicted octanol–water partition coefficient (Wildman–Crippen LogP) is 4.33. The normalized spacial score (nSPS) is 19.5. The Morgan fingerprint density at radius 1 is 1.14 bits per heavy atom. The van der Waals surface area contributed by atoms with E-state index in [0.29, 0.717) is 22.4 Å². The third kappa shape index (κ3) is 4.97. The summed E-state index contributed by atoms with van der Waals surface area (Å²) in [4.78, 5) is 47.6. The van der Waals surface area contributed by atoms with Crippen LogP contribution in [0, 0.1) is 10.1 Å². The molecule has 5 rings (SSSR count). The third-order valence-corrected chi connectivity index (χ3v) is 7.40. The number of hydrogen-bond acceptors (Lipinski definition) is 7. The van der Waals surface area contributed by atoms with Crippen molar-refractivity contribution < 1.29 is 14.5 Å². The van der Waals surface area contributed by atoms with Crippen LogP contribution < -0.4 is 5.32 Å². The summed E-state index contributed by atoms with van der Waals surface area (Å²) in [7, 11) is 0. The Morgan fingerprint density at radius 2 is 1.94 bits per heavy atom. The first-order valence-electron chi connectivity index (χ1n) is 11.7. The molecule has 35 heavy (non-hydrogen) atoms. The van der Waals surface area contributed by atoms with Crippen LogP contribution >= 0.6 is 11.8 Å². The molecule has 1 aliphatic carbocycles. The van der Waals surface area contributed by atoms with Crippen LogP contribution in [0.25, 0.3) is 0 Å². The van der Waals surface area contributed by atoms with Crippen molar-refractivity contribution in [3.8, 4) is 0 Å². The maximum absolute atomic E-state index is 13.4. The maximum Gasteiger partial charge on any atom is 0.269 e. The summed E-state index contributed by atoms with van der Waals surface area (Å²) < 4.78 is 0. The molecule has 0 aromatic heterocycles. The monoisotopic (exact) mass is 491 g/mol. The van der Waals surface area contributed by atoms with Crippen molar-refractivity contribution in [1.29, 1.82) is 0 Å². The Bertz CT molecular complexity index is 1240. The number of benzene rings is 2. The summed E-state index contributed by atoms with van der Waals surface area (Å²) >= 11 is 1.32. The lowest BCUT2D eigenvalue weighted by Crippen LogP contribution is -2.43. The number of hydrogen-bond donors (Lipinski definition) is 1. The third-order valence-electron chi connectivity index (χ3n) is 6.39. The Balaban J connectivity index is 1.35. The van der Waals surface area contributed by atoms with Gasteiger partial charge in [-0.2, -0.15) is 0 Å². The van der Waals surface area contributed by atoms with E-state index in [1.165, 1.54) is 35.2 Å². The Hall–Kier alpha value is -3.53. The maximum atomic E-state index is 13.4. The van der Waals surface area contributed by atoms with Crippen molar-refractivity contribution in [2.24, 2.45) is 9.98 Å². The number of fused-ring (bicyclic) bond motifs is 3. The van der Waals surface area contributed by atoms with Crippen LogP contribution in [0.4, 0.5) is 11.4 Å². The Kier molecular flexibility index (Phi) is 6.63. The van der Waals surface area contributed by atoms with Crippen LogP contribution in [-0.2, 0) is 15.3 Å². The lowest BCUT2D eigenvalue weighted by molar-refractivity contribution is -0.384. The average Bonchev–Trinajstić information content (AvgIpc) is 3.19. The molecule has 2 aromatic carbocycles. The van der Waals surface area contributed by atoms with Crippen molar-refractivity contribution >= 4 is 46.0 Å². The van der Waals surface area contributed by atoms with Crippen molar-refractivity contribution in [1.82, 2.24) is 10.2 Å². The van der Waals surface area contributed by atoms with Gasteiger partial charge in [-0.3, -0.25) is 24.7 Å². The highest BCUT2D eigenvalue weighted by Crippen LogP contribution is 2.35. The largest absolute Gasteiger partial charge is 0.353 e. The van der Waals surface area contributed by atoms with E-state index >= 15 is 0 Å². The van der Waals surface area contributed by atoms with Crippen LogP contribution in [0.1, 0.15) is 49.7 Å². The number of carbonyl (C=O) groups is 2. The van der Waals surface area contributed by atoms with E-state index in [2.05, 4.69) is 15.3 Å². The number of nitrogens with one attached hydrogen (secondary N) is 1. The molecule has 1 N–H and O–H groups in total. The van der Waals surface area contributed by atoms with Crippen molar-refractivity contribution in [2.75, 3.05) is 0 Å².